The SMILES string of the molecule is C/C(=C\c1ccccc1C)c1cc(=O)c2cc(F)cc(C(C)C)c2o1.CC.Cc1ccccc1C(=O)O. The van der Waals surface area contributed by atoms with Crippen molar-refractivity contribution in [3.8, 4) is 0 Å². The summed E-state index contributed by atoms with van der Waals surface area (Å²) in [6.07, 6.45) is 2.00. The van der Waals surface area contributed by atoms with Crippen molar-refractivity contribution in [2.24, 2.45) is 0 Å². The molecule has 0 spiro atoms. The summed E-state index contributed by atoms with van der Waals surface area (Å²) in [5.74, 6) is -0.715. The average molecular weight is 503 g/mol. The Balaban J connectivity index is 0.000000336. The van der Waals surface area contributed by atoms with E-state index in [1.165, 1.54) is 18.2 Å². The fourth-order valence-electron chi connectivity index (χ4n) is 3.74. The van der Waals surface area contributed by atoms with E-state index in [2.05, 4.69) is 0 Å². The van der Waals surface area contributed by atoms with Gasteiger partial charge in [0.05, 0.1) is 10.9 Å². The topological polar surface area (TPSA) is 67.5 Å². The molecule has 0 aliphatic heterocycles. The first-order valence-corrected chi connectivity index (χ1v) is 12.4. The maximum Gasteiger partial charge on any atom is 0.335 e. The molecule has 4 rings (SSSR count). The molecule has 0 saturated carbocycles. The highest BCUT2D eigenvalue weighted by Gasteiger charge is 2.14. The summed E-state index contributed by atoms with van der Waals surface area (Å²) in [7, 11) is 0. The van der Waals surface area contributed by atoms with E-state index in [0.717, 1.165) is 22.3 Å². The van der Waals surface area contributed by atoms with Crippen LogP contribution >= 0.6 is 0 Å². The number of rotatable bonds is 4. The van der Waals surface area contributed by atoms with Gasteiger partial charge in [-0.1, -0.05) is 70.2 Å². The van der Waals surface area contributed by atoms with Gasteiger partial charge >= 0.3 is 5.97 Å². The standard InChI is InChI=1S/C22H21FO2.C8H8O2.C2H6/c1-13(2)18-10-17(23)11-19-20(24)12-21(25-22(18)19)15(4)9-16-8-6-5-7-14(16)3;1-6-4-2-3-5-7(6)8(9)10;1-2/h5-13H,1-4H3;2-5H,1H3,(H,9,10);1-2H3/b15-9+;;. The first-order valence-electron chi connectivity index (χ1n) is 12.4. The second-order valence-electron chi connectivity index (χ2n) is 8.81. The smallest absolute Gasteiger partial charge is 0.335 e. The van der Waals surface area contributed by atoms with Gasteiger partial charge in [0.2, 0.25) is 0 Å². The molecule has 3 aromatic carbocycles. The van der Waals surface area contributed by atoms with Crippen LogP contribution in [0.2, 0.25) is 0 Å². The number of carbonyl (C=O) groups is 1. The summed E-state index contributed by atoms with van der Waals surface area (Å²) in [6.45, 7) is 13.6. The number of aryl methyl sites for hydroxylation is 2. The lowest BCUT2D eigenvalue weighted by Crippen LogP contribution is -2.05. The molecule has 4 nitrogen and oxygen atoms in total. The van der Waals surface area contributed by atoms with Gasteiger partial charge in [-0.25, -0.2) is 9.18 Å². The zero-order chi connectivity index (χ0) is 27.7. The van der Waals surface area contributed by atoms with Crippen LogP contribution in [0, 0.1) is 19.7 Å². The predicted molar refractivity (Wildman–Crippen MR) is 151 cm³/mol. The van der Waals surface area contributed by atoms with Crippen LogP contribution in [0.3, 0.4) is 0 Å². The molecule has 1 N–H and O–H groups in total. The van der Waals surface area contributed by atoms with Gasteiger partial charge in [0.15, 0.2) is 5.43 Å². The third-order valence-corrected chi connectivity index (χ3v) is 5.77. The van der Waals surface area contributed by atoms with Crippen molar-refractivity contribution in [1.29, 1.82) is 0 Å². The lowest BCUT2D eigenvalue weighted by Gasteiger charge is -2.11. The van der Waals surface area contributed by atoms with Gasteiger partial charge in [-0.05, 0) is 73.2 Å². The Morgan fingerprint density at radius 2 is 1.54 bits per heavy atom. The number of hydrogen-bond acceptors (Lipinski definition) is 3. The minimum atomic E-state index is -0.863. The van der Waals surface area contributed by atoms with Gasteiger partial charge in [-0.2, -0.15) is 0 Å². The predicted octanol–water partition coefficient (Wildman–Crippen LogP) is 8.64. The molecule has 1 aromatic heterocycles. The summed E-state index contributed by atoms with van der Waals surface area (Å²) in [5, 5.41) is 8.85. The van der Waals surface area contributed by atoms with E-state index in [-0.39, 0.29) is 16.7 Å². The lowest BCUT2D eigenvalue weighted by molar-refractivity contribution is 0.0696. The number of aromatic carboxylic acids is 1. The Morgan fingerprint density at radius 1 is 0.946 bits per heavy atom. The molecule has 0 radical (unpaired) electrons. The fraction of sp³-hybridized carbons (Fsp3) is 0.250. The molecule has 5 heteroatoms. The quantitative estimate of drug-likeness (QED) is 0.303. The van der Waals surface area contributed by atoms with Gasteiger partial charge in [0.1, 0.15) is 17.2 Å². The Kier molecular flexibility index (Phi) is 10.6. The number of benzene rings is 3. The molecule has 0 amide bonds. The van der Waals surface area contributed by atoms with E-state index >= 15 is 0 Å². The highest BCUT2D eigenvalue weighted by molar-refractivity contribution is 5.89. The van der Waals surface area contributed by atoms with Crippen LogP contribution in [-0.4, -0.2) is 11.1 Å². The van der Waals surface area contributed by atoms with Crippen molar-refractivity contribution in [1.82, 2.24) is 0 Å². The molecular weight excluding hydrogens is 467 g/mol. The molecule has 0 bridgehead atoms. The Morgan fingerprint density at radius 3 is 2.08 bits per heavy atom. The number of halogens is 1. The third kappa shape index (κ3) is 7.50. The molecular formula is C32H35FO4. The molecule has 0 saturated heterocycles. The maximum absolute atomic E-state index is 13.8. The van der Waals surface area contributed by atoms with Gasteiger partial charge < -0.3 is 9.52 Å². The monoisotopic (exact) mass is 502 g/mol. The lowest BCUT2D eigenvalue weighted by atomic mass is 9.99. The van der Waals surface area contributed by atoms with Gasteiger partial charge in [-0.3, -0.25) is 4.79 Å². The van der Waals surface area contributed by atoms with Gasteiger partial charge in [0, 0.05) is 11.6 Å². The van der Waals surface area contributed by atoms with Crippen molar-refractivity contribution >= 4 is 28.6 Å². The minimum Gasteiger partial charge on any atom is -0.478 e. The number of fused-ring (bicyclic) bond motifs is 1. The van der Waals surface area contributed by atoms with Crippen LogP contribution in [0.15, 0.2) is 75.9 Å². The molecule has 0 atom stereocenters. The van der Waals surface area contributed by atoms with Crippen molar-refractivity contribution in [2.75, 3.05) is 0 Å². The first-order chi connectivity index (χ1) is 17.6. The summed E-state index contributed by atoms with van der Waals surface area (Å²) in [5.41, 5.74) is 5.20. The minimum absolute atomic E-state index is 0.0530. The van der Waals surface area contributed by atoms with Crippen molar-refractivity contribution in [3.63, 3.8) is 0 Å². The molecule has 1 heterocycles. The van der Waals surface area contributed by atoms with Gasteiger partial charge in [-0.15, -0.1) is 0 Å². The van der Waals surface area contributed by atoms with Crippen LogP contribution in [0.1, 0.15) is 78.9 Å². The second-order valence-corrected chi connectivity index (χ2v) is 8.81. The van der Waals surface area contributed by atoms with Crippen molar-refractivity contribution in [2.45, 2.75) is 54.4 Å². The first kappa shape index (κ1) is 29.2. The zero-order valence-corrected chi connectivity index (χ0v) is 22.6. The van der Waals surface area contributed by atoms with Crippen LogP contribution in [0.4, 0.5) is 4.39 Å². The Labute approximate surface area is 218 Å². The Bertz CT molecular complexity index is 1460. The van der Waals surface area contributed by atoms with E-state index in [1.54, 1.807) is 25.1 Å². The summed E-state index contributed by atoms with van der Waals surface area (Å²) >= 11 is 0. The summed E-state index contributed by atoms with van der Waals surface area (Å²) in [6, 6.07) is 19.1. The van der Waals surface area contributed by atoms with Gasteiger partial charge in [0.25, 0.3) is 0 Å². The molecule has 0 fully saturated rings. The molecule has 194 valence electrons. The van der Waals surface area contributed by atoms with Crippen molar-refractivity contribution < 1.29 is 18.7 Å². The highest BCUT2D eigenvalue weighted by Crippen LogP contribution is 2.28. The number of allylic oxidation sites excluding steroid dienone is 1. The van der Waals surface area contributed by atoms with Crippen LogP contribution in [0.5, 0.6) is 0 Å². The van der Waals surface area contributed by atoms with E-state index in [4.69, 9.17) is 9.52 Å². The zero-order valence-electron chi connectivity index (χ0n) is 22.6. The maximum atomic E-state index is 13.8. The normalized spacial score (nSPS) is 10.9. The Hall–Kier alpha value is -3.99. The number of hydrogen-bond donors (Lipinski definition) is 1. The largest absolute Gasteiger partial charge is 0.478 e. The summed E-state index contributed by atoms with van der Waals surface area (Å²) in [4.78, 5) is 22.9. The molecule has 0 unspecified atom stereocenters. The molecule has 0 aliphatic rings. The van der Waals surface area contributed by atoms with Crippen LogP contribution in [0.25, 0.3) is 22.6 Å². The van der Waals surface area contributed by atoms with Crippen LogP contribution < -0.4 is 5.43 Å². The number of carboxylic acid groups (broad SMARTS) is 1. The van der Waals surface area contributed by atoms with Crippen LogP contribution in [-0.2, 0) is 0 Å². The number of carboxylic acids is 1. The molecule has 0 aliphatic carbocycles. The van der Waals surface area contributed by atoms with Crippen molar-refractivity contribution in [3.05, 3.63) is 116 Å². The molecule has 4 aromatic rings. The van der Waals surface area contributed by atoms with E-state index in [0.29, 0.717) is 22.5 Å². The molecule has 37 heavy (non-hydrogen) atoms. The highest BCUT2D eigenvalue weighted by atomic mass is 19.1. The van der Waals surface area contributed by atoms with E-state index in [1.807, 2.05) is 78.0 Å². The van der Waals surface area contributed by atoms with E-state index in [9.17, 15) is 14.0 Å². The third-order valence-electron chi connectivity index (χ3n) is 5.77. The van der Waals surface area contributed by atoms with E-state index < -0.39 is 11.8 Å². The summed E-state index contributed by atoms with van der Waals surface area (Å²) < 4.78 is 19.9. The fourth-order valence-corrected chi connectivity index (χ4v) is 3.74. The second kappa shape index (κ2) is 13.4. The average Bonchev–Trinajstić information content (AvgIpc) is 2.87.